The SMILES string of the molecule is CC(CN)C(C)Nc1nc(Nc2ccc3ncccc3c2)c(C(N)=O)cc1C#N. The first-order valence-corrected chi connectivity index (χ1v) is 9.26. The van der Waals surface area contributed by atoms with Crippen molar-refractivity contribution in [1.29, 1.82) is 5.26 Å². The van der Waals surface area contributed by atoms with E-state index < -0.39 is 5.91 Å². The van der Waals surface area contributed by atoms with Crippen molar-refractivity contribution in [2.24, 2.45) is 17.4 Å². The van der Waals surface area contributed by atoms with Crippen LogP contribution in [0.3, 0.4) is 0 Å². The molecule has 2 unspecified atom stereocenters. The first kappa shape index (κ1) is 20.0. The average molecular weight is 389 g/mol. The third kappa shape index (κ3) is 4.42. The molecule has 1 amide bonds. The van der Waals surface area contributed by atoms with Crippen LogP contribution in [0, 0.1) is 17.2 Å². The van der Waals surface area contributed by atoms with E-state index in [2.05, 4.69) is 26.7 Å². The van der Waals surface area contributed by atoms with Gasteiger partial charge in [-0.15, -0.1) is 0 Å². The van der Waals surface area contributed by atoms with Crippen molar-refractivity contribution in [3.63, 3.8) is 0 Å². The molecule has 0 spiro atoms. The molecule has 0 bridgehead atoms. The molecule has 0 radical (unpaired) electrons. The van der Waals surface area contributed by atoms with Gasteiger partial charge in [0.15, 0.2) is 0 Å². The predicted molar refractivity (Wildman–Crippen MR) is 114 cm³/mol. The Morgan fingerprint density at radius 3 is 2.72 bits per heavy atom. The highest BCUT2D eigenvalue weighted by molar-refractivity contribution is 5.99. The lowest BCUT2D eigenvalue weighted by molar-refractivity contribution is 0.100. The lowest BCUT2D eigenvalue weighted by Crippen LogP contribution is -2.30. The van der Waals surface area contributed by atoms with E-state index in [1.807, 2.05) is 44.2 Å². The third-order valence-electron chi connectivity index (χ3n) is 4.86. The van der Waals surface area contributed by atoms with E-state index in [-0.39, 0.29) is 28.9 Å². The number of aromatic nitrogens is 2. The van der Waals surface area contributed by atoms with Gasteiger partial charge in [0.2, 0.25) is 0 Å². The van der Waals surface area contributed by atoms with Crippen molar-refractivity contribution in [3.8, 4) is 6.07 Å². The maximum Gasteiger partial charge on any atom is 0.252 e. The predicted octanol–water partition coefficient (Wildman–Crippen LogP) is 2.74. The van der Waals surface area contributed by atoms with Crippen molar-refractivity contribution in [2.45, 2.75) is 19.9 Å². The molecular formula is C21H23N7O. The van der Waals surface area contributed by atoms with Gasteiger partial charge in [-0.25, -0.2) is 4.98 Å². The summed E-state index contributed by atoms with van der Waals surface area (Å²) in [5.74, 6) is 0.141. The van der Waals surface area contributed by atoms with Crippen molar-refractivity contribution in [3.05, 3.63) is 53.7 Å². The minimum absolute atomic E-state index is 0.0152. The summed E-state index contributed by atoms with van der Waals surface area (Å²) in [5, 5.41) is 16.8. The average Bonchev–Trinajstić information content (AvgIpc) is 2.73. The summed E-state index contributed by atoms with van der Waals surface area (Å²) in [6, 6.07) is 12.9. The molecule has 8 nitrogen and oxygen atoms in total. The summed E-state index contributed by atoms with van der Waals surface area (Å²) in [6.45, 7) is 4.46. The van der Waals surface area contributed by atoms with Gasteiger partial charge in [-0.2, -0.15) is 5.26 Å². The second-order valence-corrected chi connectivity index (χ2v) is 6.94. The molecule has 148 valence electrons. The van der Waals surface area contributed by atoms with Gasteiger partial charge in [0.25, 0.3) is 5.91 Å². The summed E-state index contributed by atoms with van der Waals surface area (Å²) in [5.41, 5.74) is 13.2. The van der Waals surface area contributed by atoms with Crippen LogP contribution in [0.5, 0.6) is 0 Å². The molecule has 2 atom stereocenters. The van der Waals surface area contributed by atoms with E-state index >= 15 is 0 Å². The Bertz CT molecular complexity index is 1090. The Balaban J connectivity index is 2.01. The normalized spacial score (nSPS) is 12.8. The summed E-state index contributed by atoms with van der Waals surface area (Å²) in [6.07, 6.45) is 1.73. The van der Waals surface area contributed by atoms with Gasteiger partial charge >= 0.3 is 0 Å². The van der Waals surface area contributed by atoms with Crippen LogP contribution in [0.2, 0.25) is 0 Å². The number of nitrogens with zero attached hydrogens (tertiary/aromatic N) is 3. The van der Waals surface area contributed by atoms with Gasteiger partial charge in [-0.05, 0) is 49.7 Å². The standard InChI is InChI=1S/C21H23N7O/c1-12(10-22)13(2)26-20-15(11-23)9-17(19(24)29)21(28-20)27-16-5-6-18-14(8-16)4-3-7-25-18/h3-9,12-13H,10,22H2,1-2H3,(H2,24,29)(H2,26,27,28). The topological polar surface area (TPSA) is 143 Å². The maximum absolute atomic E-state index is 12.0. The number of fused-ring (bicyclic) bond motifs is 1. The molecule has 3 aromatic rings. The van der Waals surface area contributed by atoms with Crippen LogP contribution < -0.4 is 22.1 Å². The number of nitriles is 1. The molecule has 0 aliphatic rings. The maximum atomic E-state index is 12.0. The van der Waals surface area contributed by atoms with Crippen LogP contribution in [0.25, 0.3) is 10.9 Å². The molecule has 0 fully saturated rings. The van der Waals surface area contributed by atoms with Gasteiger partial charge in [-0.1, -0.05) is 13.0 Å². The number of pyridine rings is 2. The van der Waals surface area contributed by atoms with Crippen LogP contribution >= 0.6 is 0 Å². The highest BCUT2D eigenvalue weighted by Crippen LogP contribution is 2.26. The zero-order valence-electron chi connectivity index (χ0n) is 16.3. The minimum atomic E-state index is -0.672. The fraction of sp³-hybridized carbons (Fsp3) is 0.238. The fourth-order valence-corrected chi connectivity index (χ4v) is 2.84. The van der Waals surface area contributed by atoms with Crippen molar-refractivity contribution in [1.82, 2.24) is 9.97 Å². The number of amides is 1. The molecule has 0 saturated heterocycles. The Labute approximate surface area is 168 Å². The van der Waals surface area contributed by atoms with Crippen LogP contribution in [0.1, 0.15) is 29.8 Å². The number of carbonyl (C=O) groups is 1. The monoisotopic (exact) mass is 389 g/mol. The zero-order valence-corrected chi connectivity index (χ0v) is 16.3. The van der Waals surface area contributed by atoms with Crippen molar-refractivity contribution >= 4 is 34.1 Å². The molecule has 29 heavy (non-hydrogen) atoms. The number of hydrogen-bond acceptors (Lipinski definition) is 7. The van der Waals surface area contributed by atoms with Gasteiger partial charge in [0.1, 0.15) is 17.7 Å². The molecule has 3 rings (SSSR count). The summed E-state index contributed by atoms with van der Waals surface area (Å²) in [4.78, 5) is 20.8. The van der Waals surface area contributed by atoms with Crippen molar-refractivity contribution < 1.29 is 4.79 Å². The lowest BCUT2D eigenvalue weighted by atomic mass is 10.0. The molecule has 6 N–H and O–H groups in total. The zero-order chi connectivity index (χ0) is 21.0. The second kappa shape index (κ2) is 8.54. The molecule has 8 heteroatoms. The quantitative estimate of drug-likeness (QED) is 0.486. The van der Waals surface area contributed by atoms with Gasteiger partial charge < -0.3 is 22.1 Å². The number of benzene rings is 1. The second-order valence-electron chi connectivity index (χ2n) is 6.94. The van der Waals surface area contributed by atoms with E-state index in [1.165, 1.54) is 6.07 Å². The Hall–Kier alpha value is -3.70. The van der Waals surface area contributed by atoms with Gasteiger partial charge in [-0.3, -0.25) is 9.78 Å². The lowest BCUT2D eigenvalue weighted by Gasteiger charge is -2.22. The van der Waals surface area contributed by atoms with Crippen LogP contribution in [0.4, 0.5) is 17.3 Å². The first-order chi connectivity index (χ1) is 13.9. The first-order valence-electron chi connectivity index (χ1n) is 9.26. The number of nitrogens with one attached hydrogen (secondary N) is 2. The van der Waals surface area contributed by atoms with Gasteiger partial charge in [0, 0.05) is 23.3 Å². The van der Waals surface area contributed by atoms with Crippen LogP contribution in [-0.2, 0) is 0 Å². The summed E-state index contributed by atoms with van der Waals surface area (Å²) in [7, 11) is 0. The van der Waals surface area contributed by atoms with E-state index in [9.17, 15) is 10.1 Å². The molecule has 1 aromatic carbocycles. The molecule has 2 heterocycles. The number of primary amides is 1. The highest BCUT2D eigenvalue weighted by atomic mass is 16.1. The molecule has 0 saturated carbocycles. The van der Waals surface area contributed by atoms with E-state index in [0.29, 0.717) is 12.4 Å². The number of nitrogens with two attached hydrogens (primary N) is 2. The molecule has 2 aromatic heterocycles. The van der Waals surface area contributed by atoms with Crippen LogP contribution in [0.15, 0.2) is 42.6 Å². The molecular weight excluding hydrogens is 366 g/mol. The number of hydrogen-bond donors (Lipinski definition) is 4. The Morgan fingerprint density at radius 1 is 1.24 bits per heavy atom. The highest BCUT2D eigenvalue weighted by Gasteiger charge is 2.19. The summed E-state index contributed by atoms with van der Waals surface area (Å²) < 4.78 is 0. The number of rotatable bonds is 7. The van der Waals surface area contributed by atoms with Gasteiger partial charge in [0.05, 0.1) is 16.6 Å². The summed E-state index contributed by atoms with van der Waals surface area (Å²) >= 11 is 0. The third-order valence-corrected chi connectivity index (χ3v) is 4.86. The van der Waals surface area contributed by atoms with E-state index in [0.717, 1.165) is 16.6 Å². The van der Waals surface area contributed by atoms with E-state index in [4.69, 9.17) is 11.5 Å². The Morgan fingerprint density at radius 2 is 2.03 bits per heavy atom. The smallest absolute Gasteiger partial charge is 0.252 e. The van der Waals surface area contributed by atoms with Crippen LogP contribution in [-0.4, -0.2) is 28.5 Å². The Kier molecular flexibility index (Phi) is 5.90. The van der Waals surface area contributed by atoms with Crippen molar-refractivity contribution in [2.75, 3.05) is 17.2 Å². The minimum Gasteiger partial charge on any atom is -0.366 e. The molecule has 0 aliphatic carbocycles. The number of carbonyl (C=O) groups excluding carboxylic acids is 1. The number of anilines is 3. The van der Waals surface area contributed by atoms with E-state index in [1.54, 1.807) is 6.20 Å². The molecule has 0 aliphatic heterocycles. The largest absolute Gasteiger partial charge is 0.366 e. The fourth-order valence-electron chi connectivity index (χ4n) is 2.84.